The molecule has 12 heteroatoms. The quantitative estimate of drug-likeness (QED) is 0.0815. The Hall–Kier alpha value is -4.16. The van der Waals surface area contributed by atoms with E-state index in [9.17, 15) is 44.7 Å². The molecule has 12 atom stereocenters. The number of ketones is 2. The van der Waals surface area contributed by atoms with Crippen LogP contribution in [0.5, 0.6) is 5.75 Å². The van der Waals surface area contributed by atoms with Gasteiger partial charge in [0, 0.05) is 30.3 Å². The number of carbonyl (C=O) groups is 4. The summed E-state index contributed by atoms with van der Waals surface area (Å²) in [5.41, 5.74) is 2.78. The molecule has 7 aliphatic rings. The predicted molar refractivity (Wildman–Crippen MR) is 215 cm³/mol. The fraction of sp³-hybridized carbons (Fsp3) is 0.652. The second-order valence-corrected chi connectivity index (χ2v) is 19.5. The molecule has 0 aromatic heterocycles. The molecular weight excluding hydrogens is 741 g/mol. The van der Waals surface area contributed by atoms with Crippen molar-refractivity contribution < 1.29 is 49.4 Å². The van der Waals surface area contributed by atoms with Crippen LogP contribution in [0.3, 0.4) is 0 Å². The number of ether oxygens (including phenoxy) is 1. The van der Waals surface area contributed by atoms with Crippen molar-refractivity contribution >= 4 is 35.0 Å². The Labute approximate surface area is 340 Å². The maximum atomic E-state index is 13.9. The Balaban J connectivity index is 0.939. The molecule has 12 nitrogen and oxygen atoms in total. The zero-order chi connectivity index (χ0) is 41.6. The number of aliphatic hydroxyl groups is 4. The standard InChI is InChI=1S/C46H60N2O10/c1-21(2)6-5-7-22(3)30-13-14-31-28-11-8-23-18-25(10-12-26(23)27(28)16-17-45(30,31)4)58-44(56)48-33-15-9-24-19-29-36(40(52)35(24)39(33)51)41(53)46(57)32(38(29)50)20-34(49)37(42(46)54)43(47)55/h8-9,15,21-22,25-32,38,50-52,54,57H,5-7,10-14,16-20H2,1-4H3,(H2,47,55)(H,48,56)/t22-,25?,26-,27?,28?,29+,30?,31?,32+,38-,45+,46-/m0/s1. The van der Waals surface area contributed by atoms with Gasteiger partial charge in [0.15, 0.2) is 11.4 Å². The number of benzene rings is 1. The van der Waals surface area contributed by atoms with E-state index in [1.165, 1.54) is 62.7 Å². The minimum atomic E-state index is -2.92. The number of carbonyl (C=O) groups excluding carboxylic acids is 4. The smallest absolute Gasteiger partial charge is 0.412 e. The number of hydrogen-bond donors (Lipinski definition) is 7. The number of primary amides is 1. The largest absolute Gasteiger partial charge is 0.508 e. The average molecular weight is 801 g/mol. The Kier molecular flexibility index (Phi) is 10.4. The van der Waals surface area contributed by atoms with Crippen LogP contribution in [-0.4, -0.2) is 66.9 Å². The summed E-state index contributed by atoms with van der Waals surface area (Å²) in [4.78, 5) is 51.8. The molecule has 0 aliphatic heterocycles. The minimum absolute atomic E-state index is 0.0772. The molecule has 1 aromatic rings. The van der Waals surface area contributed by atoms with Gasteiger partial charge in [-0.2, -0.15) is 0 Å². The number of nitrogens with two attached hydrogens (primary N) is 1. The lowest BCUT2D eigenvalue weighted by Gasteiger charge is -2.54. The van der Waals surface area contributed by atoms with Gasteiger partial charge in [0.05, 0.1) is 17.4 Å². The zero-order valence-corrected chi connectivity index (χ0v) is 34.1. The Bertz CT molecular complexity index is 2020. The summed E-state index contributed by atoms with van der Waals surface area (Å²) in [6, 6.07) is 2.98. The van der Waals surface area contributed by atoms with Gasteiger partial charge in [-0.1, -0.05) is 64.7 Å². The van der Waals surface area contributed by atoms with Crippen molar-refractivity contribution in [1.82, 2.24) is 0 Å². The summed E-state index contributed by atoms with van der Waals surface area (Å²) in [6.45, 7) is 9.75. The van der Waals surface area contributed by atoms with E-state index in [0.29, 0.717) is 35.2 Å². The van der Waals surface area contributed by atoms with Crippen LogP contribution in [0.1, 0.15) is 116 Å². The number of anilines is 1. The Morgan fingerprint density at radius 1 is 0.948 bits per heavy atom. The average Bonchev–Trinajstić information content (AvgIpc) is 3.53. The molecule has 0 spiro atoms. The first-order valence-electron chi connectivity index (χ1n) is 21.6. The van der Waals surface area contributed by atoms with E-state index in [0.717, 1.165) is 42.9 Å². The highest BCUT2D eigenvalue weighted by atomic mass is 16.6. The van der Waals surface area contributed by atoms with Gasteiger partial charge in [-0.05, 0) is 110 Å². The van der Waals surface area contributed by atoms with Crippen LogP contribution in [0.4, 0.5) is 10.5 Å². The molecule has 4 saturated carbocycles. The third-order valence-electron chi connectivity index (χ3n) is 16.2. The van der Waals surface area contributed by atoms with Gasteiger partial charge in [0.2, 0.25) is 5.78 Å². The van der Waals surface area contributed by atoms with Gasteiger partial charge in [0.25, 0.3) is 5.91 Å². The van der Waals surface area contributed by atoms with Crippen molar-refractivity contribution in [2.45, 2.75) is 129 Å². The number of aliphatic hydroxyl groups excluding tert-OH is 3. The molecule has 0 heterocycles. The molecule has 8 N–H and O–H groups in total. The highest BCUT2D eigenvalue weighted by molar-refractivity contribution is 6.23. The maximum Gasteiger partial charge on any atom is 0.412 e. The van der Waals surface area contributed by atoms with Crippen molar-refractivity contribution in [1.29, 1.82) is 0 Å². The first-order valence-corrected chi connectivity index (χ1v) is 21.6. The number of phenols is 1. The molecule has 0 bridgehead atoms. The van der Waals surface area contributed by atoms with Crippen molar-refractivity contribution in [3.05, 3.63) is 51.8 Å². The van der Waals surface area contributed by atoms with Gasteiger partial charge >= 0.3 is 6.09 Å². The van der Waals surface area contributed by atoms with Crippen LogP contribution in [0.15, 0.2) is 40.7 Å². The van der Waals surface area contributed by atoms with Gasteiger partial charge in [-0.15, -0.1) is 0 Å². The molecule has 2 amide bonds. The fourth-order valence-electron chi connectivity index (χ4n) is 13.4. The number of rotatable bonds is 8. The summed E-state index contributed by atoms with van der Waals surface area (Å²) >= 11 is 0. The zero-order valence-electron chi connectivity index (χ0n) is 34.1. The molecule has 1 aromatic carbocycles. The Morgan fingerprint density at radius 3 is 2.43 bits per heavy atom. The van der Waals surface area contributed by atoms with Crippen LogP contribution in [0, 0.1) is 58.7 Å². The monoisotopic (exact) mass is 800 g/mol. The first kappa shape index (κ1) is 40.6. The molecule has 5 unspecified atom stereocenters. The van der Waals surface area contributed by atoms with Crippen molar-refractivity contribution in [3.63, 3.8) is 0 Å². The van der Waals surface area contributed by atoms with Gasteiger partial charge in [-0.3, -0.25) is 19.7 Å². The number of allylic oxidation sites excluding steroid dienone is 1. The van der Waals surface area contributed by atoms with Gasteiger partial charge in [0.1, 0.15) is 28.9 Å². The SMILES string of the molecule is CC(C)CCC[C@H](C)C1CCC2C3CC=C4CC(OC(=O)Nc5ccc6c(c5O)C(O)=C5C(=O)[C@]7(O)C(O)=C(C(N)=O)C(=O)C[C@@H]7[C@@H](O)[C@@H]5C6)CC[C@@H]4C3CC[C@@]21C. The number of phenolic OH excluding ortho intramolecular Hbond substituents is 1. The molecule has 314 valence electrons. The number of fused-ring (bicyclic) bond motifs is 8. The second-order valence-electron chi connectivity index (χ2n) is 19.5. The summed E-state index contributed by atoms with van der Waals surface area (Å²) in [5, 5.41) is 59.1. The lowest BCUT2D eigenvalue weighted by molar-refractivity contribution is -0.159. The van der Waals surface area contributed by atoms with E-state index in [2.05, 4.69) is 39.1 Å². The number of aromatic hydroxyl groups is 1. The number of Topliss-reactive ketones (excluding diaryl/α,β-unsaturated/α-hetero) is 2. The third-order valence-corrected chi connectivity index (χ3v) is 16.2. The molecule has 7 aliphatic carbocycles. The number of hydrogen-bond acceptors (Lipinski definition) is 10. The fourth-order valence-corrected chi connectivity index (χ4v) is 13.4. The second kappa shape index (κ2) is 14.8. The van der Waals surface area contributed by atoms with Gasteiger partial charge in [-0.25, -0.2) is 4.79 Å². The molecule has 4 fully saturated rings. The normalized spacial score (nSPS) is 37.2. The Morgan fingerprint density at radius 2 is 1.71 bits per heavy atom. The summed E-state index contributed by atoms with van der Waals surface area (Å²) < 4.78 is 5.92. The van der Waals surface area contributed by atoms with Crippen molar-refractivity contribution in [3.8, 4) is 5.75 Å². The highest BCUT2D eigenvalue weighted by Crippen LogP contribution is 2.65. The van der Waals surface area contributed by atoms with E-state index in [4.69, 9.17) is 10.5 Å². The number of amides is 2. The topological polar surface area (TPSA) is 217 Å². The van der Waals surface area contributed by atoms with E-state index in [1.807, 2.05) is 0 Å². The van der Waals surface area contributed by atoms with Crippen LogP contribution in [0.2, 0.25) is 0 Å². The molecule has 0 radical (unpaired) electrons. The lowest BCUT2D eigenvalue weighted by atomic mass is 9.51. The summed E-state index contributed by atoms with van der Waals surface area (Å²) in [7, 11) is 0. The summed E-state index contributed by atoms with van der Waals surface area (Å²) in [6.07, 6.45) is 11.7. The number of nitrogens with one attached hydrogen (secondary N) is 1. The minimum Gasteiger partial charge on any atom is -0.508 e. The van der Waals surface area contributed by atoms with Crippen LogP contribution in [0.25, 0.3) is 5.76 Å². The lowest BCUT2D eigenvalue weighted by Crippen LogP contribution is -2.63. The maximum absolute atomic E-state index is 13.9. The molecule has 8 rings (SSSR count). The van der Waals surface area contributed by atoms with Crippen LogP contribution >= 0.6 is 0 Å². The third kappa shape index (κ3) is 6.30. The van der Waals surface area contributed by atoms with E-state index >= 15 is 0 Å². The highest BCUT2D eigenvalue weighted by Gasteiger charge is 2.64. The van der Waals surface area contributed by atoms with Crippen molar-refractivity contribution in [2.75, 3.05) is 5.32 Å². The van der Waals surface area contributed by atoms with Crippen LogP contribution < -0.4 is 11.1 Å². The molecule has 0 saturated heterocycles. The van der Waals surface area contributed by atoms with E-state index in [-0.39, 0.29) is 23.8 Å². The predicted octanol–water partition coefficient (Wildman–Crippen LogP) is 6.96. The molecule has 58 heavy (non-hydrogen) atoms. The first-order chi connectivity index (χ1) is 27.5. The van der Waals surface area contributed by atoms with E-state index in [1.54, 1.807) is 0 Å². The molecular formula is C46H60N2O10. The van der Waals surface area contributed by atoms with E-state index < -0.39 is 81.9 Å². The summed E-state index contributed by atoms with van der Waals surface area (Å²) in [5.74, 6) is -3.72. The van der Waals surface area contributed by atoms with Crippen molar-refractivity contribution in [2.24, 2.45) is 64.4 Å². The van der Waals surface area contributed by atoms with Gasteiger partial charge < -0.3 is 36.0 Å². The van der Waals surface area contributed by atoms with Crippen LogP contribution in [-0.2, 0) is 25.5 Å².